The minimum absolute atomic E-state index is 0.0205. The van der Waals surface area contributed by atoms with Crippen LogP contribution < -0.4 is 4.74 Å². The van der Waals surface area contributed by atoms with E-state index in [-0.39, 0.29) is 21.9 Å². The Labute approximate surface area is 195 Å². The van der Waals surface area contributed by atoms with Crippen molar-refractivity contribution in [2.45, 2.75) is 49.5 Å². The molecule has 0 spiro atoms. The predicted octanol–water partition coefficient (Wildman–Crippen LogP) is 4.89. The number of carbonyl (C=O) groups is 1. The Morgan fingerprint density at radius 1 is 0.969 bits per heavy atom. The fourth-order valence-electron chi connectivity index (χ4n) is 4.60. The van der Waals surface area contributed by atoms with Gasteiger partial charge in [0.25, 0.3) is 5.91 Å². The van der Waals surface area contributed by atoms with Crippen molar-refractivity contribution >= 4 is 27.5 Å². The van der Waals surface area contributed by atoms with Gasteiger partial charge in [-0.2, -0.15) is 4.31 Å². The van der Waals surface area contributed by atoms with E-state index in [1.165, 1.54) is 16.4 Å². The summed E-state index contributed by atoms with van der Waals surface area (Å²) in [5.74, 6) is 0.595. The van der Waals surface area contributed by atoms with Crippen LogP contribution in [-0.4, -0.2) is 50.3 Å². The lowest BCUT2D eigenvalue weighted by molar-refractivity contribution is 0.0735. The standard InChI is InChI=1S/C24H29ClN2O4S/c1-31-20-11-8-18(9-12-20)22-7-6-16-27(22)24(28)19-10-13-21(25)23(17-19)32(29,30)26-14-4-2-3-5-15-26/h8-13,17,22H,2-7,14-16H2,1H3. The first-order chi connectivity index (χ1) is 15.4. The molecule has 0 N–H and O–H groups in total. The van der Waals surface area contributed by atoms with Crippen LogP contribution in [0.25, 0.3) is 0 Å². The third-order valence-corrected chi connectivity index (χ3v) is 8.76. The fourth-order valence-corrected chi connectivity index (χ4v) is 6.62. The zero-order valence-electron chi connectivity index (χ0n) is 18.3. The molecule has 0 bridgehead atoms. The number of carbonyl (C=O) groups excluding carboxylic acids is 1. The molecule has 1 unspecified atom stereocenters. The van der Waals surface area contributed by atoms with Crippen molar-refractivity contribution in [3.05, 3.63) is 58.6 Å². The van der Waals surface area contributed by atoms with Gasteiger partial charge in [0.05, 0.1) is 18.2 Å². The van der Waals surface area contributed by atoms with E-state index >= 15 is 0 Å². The van der Waals surface area contributed by atoms with Crippen molar-refractivity contribution in [2.24, 2.45) is 0 Å². The molecule has 0 saturated carbocycles. The molecule has 2 aromatic carbocycles. The third kappa shape index (κ3) is 4.65. The molecule has 0 aromatic heterocycles. The highest BCUT2D eigenvalue weighted by molar-refractivity contribution is 7.89. The van der Waals surface area contributed by atoms with Crippen molar-refractivity contribution in [3.8, 4) is 5.75 Å². The molecule has 1 amide bonds. The number of methoxy groups -OCH3 is 1. The van der Waals surface area contributed by atoms with Crippen LogP contribution >= 0.6 is 11.6 Å². The second kappa shape index (κ2) is 9.81. The molecule has 32 heavy (non-hydrogen) atoms. The number of likely N-dealkylation sites (tertiary alicyclic amines) is 1. The summed E-state index contributed by atoms with van der Waals surface area (Å²) in [7, 11) is -2.13. The van der Waals surface area contributed by atoms with Crippen LogP contribution in [-0.2, 0) is 10.0 Å². The average Bonchev–Trinajstić information content (AvgIpc) is 3.12. The first-order valence-electron chi connectivity index (χ1n) is 11.2. The number of ether oxygens (including phenoxy) is 1. The minimum atomic E-state index is -3.75. The molecule has 2 aliphatic rings. The maximum absolute atomic E-state index is 13.4. The highest BCUT2D eigenvalue weighted by Gasteiger charge is 2.33. The maximum atomic E-state index is 13.4. The largest absolute Gasteiger partial charge is 0.497 e. The van der Waals surface area contributed by atoms with Crippen LogP contribution in [0.3, 0.4) is 0 Å². The van der Waals surface area contributed by atoms with Gasteiger partial charge in [-0.3, -0.25) is 4.79 Å². The van der Waals surface area contributed by atoms with E-state index in [4.69, 9.17) is 16.3 Å². The number of halogens is 1. The van der Waals surface area contributed by atoms with Crippen molar-refractivity contribution in [1.82, 2.24) is 9.21 Å². The first kappa shape index (κ1) is 23.1. The molecule has 2 saturated heterocycles. The van der Waals surface area contributed by atoms with E-state index in [1.807, 2.05) is 29.2 Å². The second-order valence-corrected chi connectivity index (χ2v) is 10.7. The number of sulfonamides is 1. The number of rotatable bonds is 5. The molecule has 0 aliphatic carbocycles. The van der Waals surface area contributed by atoms with Crippen LogP contribution in [0.4, 0.5) is 0 Å². The summed E-state index contributed by atoms with van der Waals surface area (Å²) in [4.78, 5) is 15.3. The molecular formula is C24H29ClN2O4S. The number of benzene rings is 2. The average molecular weight is 477 g/mol. The summed E-state index contributed by atoms with van der Waals surface area (Å²) in [5.41, 5.74) is 1.39. The van der Waals surface area contributed by atoms with Gasteiger partial charge in [0.1, 0.15) is 10.6 Å². The highest BCUT2D eigenvalue weighted by atomic mass is 35.5. The molecule has 2 aliphatic heterocycles. The lowest BCUT2D eigenvalue weighted by Gasteiger charge is -2.26. The molecule has 2 aromatic rings. The van der Waals surface area contributed by atoms with Gasteiger partial charge in [-0.1, -0.05) is 36.6 Å². The summed E-state index contributed by atoms with van der Waals surface area (Å²) in [6.07, 6.45) is 5.50. The van der Waals surface area contributed by atoms with Crippen molar-refractivity contribution in [3.63, 3.8) is 0 Å². The molecule has 172 valence electrons. The number of amides is 1. The van der Waals surface area contributed by atoms with Gasteiger partial charge >= 0.3 is 0 Å². The van der Waals surface area contributed by atoms with Gasteiger partial charge in [0, 0.05) is 25.2 Å². The molecule has 4 rings (SSSR count). The monoisotopic (exact) mass is 476 g/mol. The van der Waals surface area contributed by atoms with E-state index in [1.54, 1.807) is 13.2 Å². The lowest BCUT2D eigenvalue weighted by Crippen LogP contribution is -2.33. The summed E-state index contributed by atoms with van der Waals surface area (Å²) in [6.45, 7) is 1.61. The van der Waals surface area contributed by atoms with Gasteiger partial charge in [0.15, 0.2) is 0 Å². The summed E-state index contributed by atoms with van der Waals surface area (Å²) in [5, 5.41) is 0.152. The van der Waals surface area contributed by atoms with Gasteiger partial charge in [0.2, 0.25) is 10.0 Å². The molecule has 2 heterocycles. The first-order valence-corrected chi connectivity index (χ1v) is 13.0. The molecular weight excluding hydrogens is 448 g/mol. The lowest BCUT2D eigenvalue weighted by atomic mass is 10.0. The van der Waals surface area contributed by atoms with Crippen molar-refractivity contribution in [2.75, 3.05) is 26.7 Å². The van der Waals surface area contributed by atoms with Crippen LogP contribution in [0.5, 0.6) is 5.75 Å². The van der Waals surface area contributed by atoms with Crippen LogP contribution in [0.1, 0.15) is 60.5 Å². The van der Waals surface area contributed by atoms with E-state index < -0.39 is 10.0 Å². The number of hydrogen-bond donors (Lipinski definition) is 0. The van der Waals surface area contributed by atoms with E-state index in [9.17, 15) is 13.2 Å². The Morgan fingerprint density at radius 2 is 1.66 bits per heavy atom. The molecule has 8 heteroatoms. The normalized spacial score (nSPS) is 20.2. The minimum Gasteiger partial charge on any atom is -0.497 e. The van der Waals surface area contributed by atoms with Crippen LogP contribution in [0.15, 0.2) is 47.4 Å². The summed E-state index contributed by atoms with van der Waals surface area (Å²) in [6, 6.07) is 12.3. The Kier molecular flexibility index (Phi) is 7.08. The summed E-state index contributed by atoms with van der Waals surface area (Å²) >= 11 is 6.32. The molecule has 6 nitrogen and oxygen atoms in total. The van der Waals surface area contributed by atoms with Gasteiger partial charge in [-0.05, 0) is 61.6 Å². The van der Waals surface area contributed by atoms with Gasteiger partial charge in [-0.15, -0.1) is 0 Å². The Balaban J connectivity index is 1.61. The third-order valence-electron chi connectivity index (χ3n) is 6.38. The summed E-state index contributed by atoms with van der Waals surface area (Å²) < 4.78 is 33.4. The van der Waals surface area contributed by atoms with Crippen LogP contribution in [0, 0.1) is 0 Å². The Bertz CT molecular complexity index is 1060. The molecule has 1 atom stereocenters. The van der Waals surface area contributed by atoms with Crippen molar-refractivity contribution < 1.29 is 17.9 Å². The Hall–Kier alpha value is -2.09. The second-order valence-electron chi connectivity index (χ2n) is 8.39. The SMILES string of the molecule is COc1ccc(C2CCCN2C(=O)c2ccc(Cl)c(S(=O)(=O)N3CCCCCC3)c2)cc1. The number of nitrogens with zero attached hydrogens (tertiary/aromatic N) is 2. The van der Waals surface area contributed by atoms with Crippen molar-refractivity contribution in [1.29, 1.82) is 0 Å². The molecule has 2 fully saturated rings. The highest BCUT2D eigenvalue weighted by Crippen LogP contribution is 2.35. The van der Waals surface area contributed by atoms with Crippen LogP contribution in [0.2, 0.25) is 5.02 Å². The Morgan fingerprint density at radius 3 is 2.31 bits per heavy atom. The topological polar surface area (TPSA) is 66.9 Å². The fraction of sp³-hybridized carbons (Fsp3) is 0.458. The quantitative estimate of drug-likeness (QED) is 0.616. The van der Waals surface area contributed by atoms with Gasteiger partial charge < -0.3 is 9.64 Å². The molecule has 0 radical (unpaired) electrons. The van der Waals surface area contributed by atoms with Gasteiger partial charge in [-0.25, -0.2) is 8.42 Å². The zero-order valence-corrected chi connectivity index (χ0v) is 19.9. The van der Waals surface area contributed by atoms with E-state index in [0.717, 1.165) is 49.8 Å². The number of hydrogen-bond acceptors (Lipinski definition) is 4. The maximum Gasteiger partial charge on any atom is 0.254 e. The predicted molar refractivity (Wildman–Crippen MR) is 125 cm³/mol. The zero-order chi connectivity index (χ0) is 22.7. The van der Waals surface area contributed by atoms with E-state index in [2.05, 4.69) is 0 Å². The van der Waals surface area contributed by atoms with E-state index in [0.29, 0.717) is 25.2 Å². The smallest absolute Gasteiger partial charge is 0.254 e.